The van der Waals surface area contributed by atoms with Crippen molar-refractivity contribution in [3.63, 3.8) is 0 Å². The average molecular weight is 243 g/mol. The molecule has 17 heavy (non-hydrogen) atoms. The molecule has 1 unspecified atom stereocenters. The third kappa shape index (κ3) is 3.70. The molecule has 1 heterocycles. The van der Waals surface area contributed by atoms with E-state index in [2.05, 4.69) is 0 Å². The lowest BCUT2D eigenvalue weighted by atomic mass is 9.89. The van der Waals surface area contributed by atoms with Gasteiger partial charge >= 0.3 is 5.97 Å². The van der Waals surface area contributed by atoms with Crippen LogP contribution in [-0.4, -0.2) is 48.7 Å². The lowest BCUT2D eigenvalue weighted by Gasteiger charge is -2.23. The predicted octanol–water partition coefficient (Wildman–Crippen LogP) is 0.982. The van der Waals surface area contributed by atoms with E-state index in [4.69, 9.17) is 9.84 Å². The van der Waals surface area contributed by atoms with E-state index in [0.29, 0.717) is 25.6 Å². The SMILES string of the molecule is COCC1CCN(C(=O)CC(C)(C)C(=O)O)C1. The maximum absolute atomic E-state index is 11.9. The molecule has 0 spiro atoms. The molecule has 1 N–H and O–H groups in total. The standard InChI is InChI=1S/C12H21NO4/c1-12(2,11(15)16)6-10(14)13-5-4-9(7-13)8-17-3/h9H,4-8H2,1-3H3,(H,15,16). The molecule has 0 aliphatic carbocycles. The number of nitrogens with zero attached hydrogens (tertiary/aromatic N) is 1. The lowest BCUT2D eigenvalue weighted by Crippen LogP contribution is -2.35. The summed E-state index contributed by atoms with van der Waals surface area (Å²) >= 11 is 0. The Morgan fingerprint density at radius 2 is 2.12 bits per heavy atom. The molecule has 1 fully saturated rings. The number of carboxylic acid groups (broad SMARTS) is 1. The second kappa shape index (κ2) is 5.49. The van der Waals surface area contributed by atoms with Gasteiger partial charge in [-0.25, -0.2) is 0 Å². The number of carboxylic acids is 1. The zero-order valence-corrected chi connectivity index (χ0v) is 10.7. The van der Waals surface area contributed by atoms with Gasteiger partial charge in [0.25, 0.3) is 0 Å². The van der Waals surface area contributed by atoms with Gasteiger partial charge in [-0.15, -0.1) is 0 Å². The molecule has 1 saturated heterocycles. The highest BCUT2D eigenvalue weighted by molar-refractivity contribution is 5.84. The molecule has 1 aliphatic rings. The number of hydrogen-bond acceptors (Lipinski definition) is 3. The minimum Gasteiger partial charge on any atom is -0.481 e. The van der Waals surface area contributed by atoms with Crippen molar-refractivity contribution < 1.29 is 19.4 Å². The van der Waals surface area contributed by atoms with Crippen LogP contribution < -0.4 is 0 Å². The van der Waals surface area contributed by atoms with Gasteiger partial charge in [0.2, 0.25) is 5.91 Å². The summed E-state index contributed by atoms with van der Waals surface area (Å²) in [5.74, 6) is -0.619. The Morgan fingerprint density at radius 3 is 2.65 bits per heavy atom. The van der Waals surface area contributed by atoms with Gasteiger partial charge in [-0.1, -0.05) is 0 Å². The van der Waals surface area contributed by atoms with Gasteiger partial charge < -0.3 is 14.7 Å². The van der Waals surface area contributed by atoms with Crippen LogP contribution in [0.1, 0.15) is 26.7 Å². The Morgan fingerprint density at radius 1 is 1.47 bits per heavy atom. The van der Waals surface area contributed by atoms with E-state index in [0.717, 1.165) is 6.42 Å². The Labute approximate surface area is 102 Å². The molecule has 1 rings (SSSR count). The summed E-state index contributed by atoms with van der Waals surface area (Å²) in [6.07, 6.45) is 0.995. The smallest absolute Gasteiger partial charge is 0.309 e. The molecule has 5 nitrogen and oxygen atoms in total. The van der Waals surface area contributed by atoms with Crippen LogP contribution in [0.5, 0.6) is 0 Å². The molecule has 0 aromatic carbocycles. The molecule has 5 heteroatoms. The van der Waals surface area contributed by atoms with Crippen LogP contribution in [0.4, 0.5) is 0 Å². The largest absolute Gasteiger partial charge is 0.481 e. The molecule has 0 aromatic heterocycles. The Hall–Kier alpha value is -1.10. The third-order valence-electron chi connectivity index (χ3n) is 3.21. The highest BCUT2D eigenvalue weighted by Crippen LogP contribution is 2.24. The lowest BCUT2D eigenvalue weighted by molar-refractivity contribution is -0.151. The number of hydrogen-bond donors (Lipinski definition) is 1. The van der Waals surface area contributed by atoms with E-state index in [1.807, 2.05) is 0 Å². The molecular formula is C12H21NO4. The fourth-order valence-electron chi connectivity index (χ4n) is 2.00. The first-order chi connectivity index (χ1) is 7.86. The van der Waals surface area contributed by atoms with Crippen molar-refractivity contribution >= 4 is 11.9 Å². The Kier molecular flexibility index (Phi) is 4.51. The quantitative estimate of drug-likeness (QED) is 0.781. The van der Waals surface area contributed by atoms with Crippen LogP contribution in [0.15, 0.2) is 0 Å². The Balaban J connectivity index is 2.47. The topological polar surface area (TPSA) is 66.8 Å². The van der Waals surface area contributed by atoms with Crippen molar-refractivity contribution in [2.45, 2.75) is 26.7 Å². The predicted molar refractivity (Wildman–Crippen MR) is 62.6 cm³/mol. The molecule has 98 valence electrons. The molecule has 0 aromatic rings. The first-order valence-electron chi connectivity index (χ1n) is 5.87. The van der Waals surface area contributed by atoms with Gasteiger partial charge in [-0.05, 0) is 20.3 Å². The highest BCUT2D eigenvalue weighted by atomic mass is 16.5. The van der Waals surface area contributed by atoms with Crippen LogP contribution in [0.2, 0.25) is 0 Å². The first kappa shape index (κ1) is 14.0. The van der Waals surface area contributed by atoms with Crippen molar-refractivity contribution in [3.05, 3.63) is 0 Å². The van der Waals surface area contributed by atoms with E-state index in [-0.39, 0.29) is 12.3 Å². The molecule has 0 bridgehead atoms. The van der Waals surface area contributed by atoms with Gasteiger partial charge in [0.1, 0.15) is 0 Å². The van der Waals surface area contributed by atoms with Gasteiger partial charge in [-0.3, -0.25) is 9.59 Å². The molecule has 0 saturated carbocycles. The zero-order chi connectivity index (χ0) is 13.1. The van der Waals surface area contributed by atoms with Gasteiger partial charge in [-0.2, -0.15) is 0 Å². The van der Waals surface area contributed by atoms with Crippen molar-refractivity contribution in [2.24, 2.45) is 11.3 Å². The fraction of sp³-hybridized carbons (Fsp3) is 0.833. The monoisotopic (exact) mass is 243 g/mol. The maximum atomic E-state index is 11.9. The van der Waals surface area contributed by atoms with Crippen LogP contribution in [0.3, 0.4) is 0 Å². The van der Waals surface area contributed by atoms with Crippen LogP contribution in [0, 0.1) is 11.3 Å². The molecule has 1 amide bonds. The summed E-state index contributed by atoms with van der Waals surface area (Å²) in [7, 11) is 1.65. The van der Waals surface area contributed by atoms with Crippen LogP contribution in [0.25, 0.3) is 0 Å². The van der Waals surface area contributed by atoms with Gasteiger partial charge in [0.05, 0.1) is 12.0 Å². The summed E-state index contributed by atoms with van der Waals surface area (Å²) in [5, 5.41) is 8.98. The zero-order valence-electron chi connectivity index (χ0n) is 10.7. The second-order valence-electron chi connectivity index (χ2n) is 5.32. The molecule has 1 aliphatic heterocycles. The van der Waals surface area contributed by atoms with E-state index in [9.17, 15) is 9.59 Å². The number of carbonyl (C=O) groups is 2. The average Bonchev–Trinajstić information content (AvgIpc) is 2.66. The summed E-state index contributed by atoms with van der Waals surface area (Å²) in [6, 6.07) is 0. The van der Waals surface area contributed by atoms with E-state index >= 15 is 0 Å². The van der Waals surface area contributed by atoms with E-state index < -0.39 is 11.4 Å². The number of likely N-dealkylation sites (tertiary alicyclic amines) is 1. The summed E-state index contributed by atoms with van der Waals surface area (Å²) in [4.78, 5) is 24.6. The van der Waals surface area contributed by atoms with Crippen molar-refractivity contribution in [3.8, 4) is 0 Å². The van der Waals surface area contributed by atoms with Crippen LogP contribution in [-0.2, 0) is 14.3 Å². The molecule has 1 atom stereocenters. The normalized spacial score (nSPS) is 20.6. The fourth-order valence-corrected chi connectivity index (χ4v) is 2.00. The summed E-state index contributed by atoms with van der Waals surface area (Å²) in [6.45, 7) is 5.21. The minimum absolute atomic E-state index is 0.0576. The number of aliphatic carboxylic acids is 1. The van der Waals surface area contributed by atoms with Crippen molar-refractivity contribution in [1.82, 2.24) is 4.90 Å². The number of carbonyl (C=O) groups excluding carboxylic acids is 1. The number of rotatable bonds is 5. The minimum atomic E-state index is -0.990. The molecular weight excluding hydrogens is 222 g/mol. The van der Waals surface area contributed by atoms with E-state index in [1.54, 1.807) is 25.9 Å². The number of ether oxygens (including phenoxy) is 1. The third-order valence-corrected chi connectivity index (χ3v) is 3.21. The van der Waals surface area contributed by atoms with Gasteiger partial charge in [0, 0.05) is 32.5 Å². The second-order valence-corrected chi connectivity index (χ2v) is 5.32. The summed E-state index contributed by atoms with van der Waals surface area (Å²) in [5.41, 5.74) is -0.990. The van der Waals surface area contributed by atoms with Crippen molar-refractivity contribution in [1.29, 1.82) is 0 Å². The van der Waals surface area contributed by atoms with Gasteiger partial charge in [0.15, 0.2) is 0 Å². The van der Waals surface area contributed by atoms with Crippen molar-refractivity contribution in [2.75, 3.05) is 26.8 Å². The highest BCUT2D eigenvalue weighted by Gasteiger charge is 2.34. The van der Waals surface area contributed by atoms with E-state index in [1.165, 1.54) is 0 Å². The molecule has 0 radical (unpaired) electrons. The summed E-state index contributed by atoms with van der Waals surface area (Å²) < 4.78 is 5.06. The maximum Gasteiger partial charge on any atom is 0.309 e. The number of methoxy groups -OCH3 is 1. The Bertz CT molecular complexity index is 301. The number of amides is 1. The van der Waals surface area contributed by atoms with Crippen LogP contribution >= 0.6 is 0 Å². The first-order valence-corrected chi connectivity index (χ1v) is 5.87.